The summed E-state index contributed by atoms with van der Waals surface area (Å²) in [5.41, 5.74) is 8.59. The van der Waals surface area contributed by atoms with Crippen molar-refractivity contribution in [2.24, 2.45) is 5.73 Å². The first-order chi connectivity index (χ1) is 7.20. The lowest BCUT2D eigenvalue weighted by Crippen LogP contribution is -2.21. The normalized spacial score (nSPS) is 14.7. The smallest absolute Gasteiger partial charge is 0.224 e. The predicted octanol–water partition coefficient (Wildman–Crippen LogP) is 1.73. The number of nitrogens with one attached hydrogen (secondary N) is 1. The number of anilines is 1. The van der Waals surface area contributed by atoms with Gasteiger partial charge in [-0.25, -0.2) is 0 Å². The van der Waals surface area contributed by atoms with Crippen LogP contribution in [0.5, 0.6) is 0 Å². The summed E-state index contributed by atoms with van der Waals surface area (Å²) >= 11 is 6.00. The highest BCUT2D eigenvalue weighted by Gasteiger charge is 2.18. The average molecular weight is 225 g/mol. The number of rotatable bonds is 2. The highest BCUT2D eigenvalue weighted by atomic mass is 35.5. The molecule has 1 aromatic carbocycles. The number of carbonyl (C=O) groups is 1. The van der Waals surface area contributed by atoms with Gasteiger partial charge >= 0.3 is 0 Å². The fourth-order valence-electron chi connectivity index (χ4n) is 1.89. The summed E-state index contributed by atoms with van der Waals surface area (Å²) in [6.07, 6.45) is 2.04. The van der Waals surface area contributed by atoms with Crippen LogP contribution in [0.25, 0.3) is 0 Å². The van der Waals surface area contributed by atoms with Crippen LogP contribution in [0.15, 0.2) is 12.1 Å². The standard InChI is InChI=1S/C11H13ClN2O/c12-9-5-7-1-2-10(15)14-11(7)8(6-9)3-4-13/h5-6H,1-4,13H2,(H,14,15). The third-order valence-corrected chi connectivity index (χ3v) is 2.78. The van der Waals surface area contributed by atoms with E-state index in [4.69, 9.17) is 17.3 Å². The first kappa shape index (κ1) is 10.5. The van der Waals surface area contributed by atoms with Crippen molar-refractivity contribution >= 4 is 23.2 Å². The number of fused-ring (bicyclic) bond motifs is 1. The molecule has 1 amide bonds. The second kappa shape index (κ2) is 4.21. The second-order valence-corrected chi connectivity index (χ2v) is 4.12. The Morgan fingerprint density at radius 2 is 2.20 bits per heavy atom. The van der Waals surface area contributed by atoms with Crippen molar-refractivity contribution in [2.45, 2.75) is 19.3 Å². The molecule has 1 aliphatic rings. The molecule has 0 bridgehead atoms. The van der Waals surface area contributed by atoms with E-state index in [1.54, 1.807) is 0 Å². The van der Waals surface area contributed by atoms with E-state index in [1.807, 2.05) is 12.1 Å². The highest BCUT2D eigenvalue weighted by Crippen LogP contribution is 2.30. The molecule has 3 N–H and O–H groups in total. The largest absolute Gasteiger partial charge is 0.330 e. The van der Waals surface area contributed by atoms with E-state index in [0.29, 0.717) is 18.0 Å². The number of aryl methyl sites for hydroxylation is 1. The van der Waals surface area contributed by atoms with Crippen LogP contribution in [0.4, 0.5) is 5.69 Å². The zero-order valence-corrected chi connectivity index (χ0v) is 9.10. The fraction of sp³-hybridized carbons (Fsp3) is 0.364. The van der Waals surface area contributed by atoms with Gasteiger partial charge in [-0.15, -0.1) is 0 Å². The Bertz CT molecular complexity index is 404. The number of benzene rings is 1. The van der Waals surface area contributed by atoms with Crippen molar-refractivity contribution in [1.29, 1.82) is 0 Å². The molecule has 0 aromatic heterocycles. The minimum atomic E-state index is 0.0723. The quantitative estimate of drug-likeness (QED) is 0.804. The van der Waals surface area contributed by atoms with Crippen molar-refractivity contribution < 1.29 is 4.79 Å². The Morgan fingerprint density at radius 1 is 1.40 bits per heavy atom. The number of hydrogen-bond donors (Lipinski definition) is 2. The lowest BCUT2D eigenvalue weighted by atomic mass is 9.97. The summed E-state index contributed by atoms with van der Waals surface area (Å²) in [5.74, 6) is 0.0723. The molecule has 0 atom stereocenters. The molecule has 15 heavy (non-hydrogen) atoms. The molecule has 1 aliphatic heterocycles. The Hall–Kier alpha value is -1.06. The van der Waals surface area contributed by atoms with Crippen LogP contribution in [-0.4, -0.2) is 12.5 Å². The van der Waals surface area contributed by atoms with Crippen LogP contribution in [0.2, 0.25) is 5.02 Å². The van der Waals surface area contributed by atoms with Gasteiger partial charge in [0.1, 0.15) is 0 Å². The number of halogens is 1. The topological polar surface area (TPSA) is 55.1 Å². The van der Waals surface area contributed by atoms with Gasteiger partial charge in [-0.1, -0.05) is 11.6 Å². The molecule has 0 saturated carbocycles. The first-order valence-electron chi connectivity index (χ1n) is 5.02. The molecule has 0 fully saturated rings. The fourth-order valence-corrected chi connectivity index (χ4v) is 2.15. The van der Waals surface area contributed by atoms with Gasteiger partial charge in [0.15, 0.2) is 0 Å². The van der Waals surface area contributed by atoms with Gasteiger partial charge in [0, 0.05) is 17.1 Å². The van der Waals surface area contributed by atoms with E-state index >= 15 is 0 Å². The molecule has 1 aromatic rings. The van der Waals surface area contributed by atoms with Gasteiger partial charge in [-0.2, -0.15) is 0 Å². The summed E-state index contributed by atoms with van der Waals surface area (Å²) in [4.78, 5) is 11.3. The van der Waals surface area contributed by atoms with Crippen LogP contribution in [0.1, 0.15) is 17.5 Å². The van der Waals surface area contributed by atoms with E-state index in [1.165, 1.54) is 0 Å². The summed E-state index contributed by atoms with van der Waals surface area (Å²) in [7, 11) is 0. The maximum atomic E-state index is 11.3. The van der Waals surface area contributed by atoms with E-state index < -0.39 is 0 Å². The summed E-state index contributed by atoms with van der Waals surface area (Å²) < 4.78 is 0. The molecule has 0 aliphatic carbocycles. The molecular weight excluding hydrogens is 212 g/mol. The Balaban J connectivity index is 2.45. The van der Waals surface area contributed by atoms with Gasteiger partial charge in [0.05, 0.1) is 0 Å². The van der Waals surface area contributed by atoms with Gasteiger partial charge in [0.2, 0.25) is 5.91 Å². The molecule has 0 spiro atoms. The molecule has 0 unspecified atom stereocenters. The molecule has 4 heteroatoms. The third kappa shape index (κ3) is 2.13. The highest BCUT2D eigenvalue weighted by molar-refractivity contribution is 6.30. The Kier molecular flexibility index (Phi) is 2.93. The van der Waals surface area contributed by atoms with Gasteiger partial charge < -0.3 is 11.1 Å². The van der Waals surface area contributed by atoms with Crippen molar-refractivity contribution in [1.82, 2.24) is 0 Å². The van der Waals surface area contributed by atoms with E-state index in [2.05, 4.69) is 5.32 Å². The van der Waals surface area contributed by atoms with Crippen LogP contribution in [0, 0.1) is 0 Å². The summed E-state index contributed by atoms with van der Waals surface area (Å²) in [6, 6.07) is 3.79. The number of nitrogens with two attached hydrogens (primary N) is 1. The van der Waals surface area contributed by atoms with Crippen LogP contribution in [-0.2, 0) is 17.6 Å². The third-order valence-electron chi connectivity index (χ3n) is 2.57. The number of amides is 1. The molecule has 3 nitrogen and oxygen atoms in total. The predicted molar refractivity (Wildman–Crippen MR) is 61.2 cm³/mol. The minimum absolute atomic E-state index is 0.0723. The van der Waals surface area contributed by atoms with E-state index in [-0.39, 0.29) is 5.91 Å². The number of carbonyl (C=O) groups excluding carboxylic acids is 1. The maximum Gasteiger partial charge on any atom is 0.224 e. The lowest BCUT2D eigenvalue weighted by molar-refractivity contribution is -0.116. The Labute approximate surface area is 93.6 Å². The van der Waals surface area contributed by atoms with Crippen LogP contribution >= 0.6 is 11.6 Å². The lowest BCUT2D eigenvalue weighted by Gasteiger charge is -2.20. The zero-order valence-electron chi connectivity index (χ0n) is 8.35. The van der Waals surface area contributed by atoms with E-state index in [0.717, 1.165) is 29.7 Å². The SMILES string of the molecule is NCCc1cc(Cl)cc2c1NC(=O)CC2. The van der Waals surface area contributed by atoms with Crippen molar-refractivity contribution in [3.63, 3.8) is 0 Å². The van der Waals surface area contributed by atoms with Crippen molar-refractivity contribution in [3.8, 4) is 0 Å². The first-order valence-corrected chi connectivity index (χ1v) is 5.39. The van der Waals surface area contributed by atoms with Crippen LogP contribution in [0.3, 0.4) is 0 Å². The summed E-state index contributed by atoms with van der Waals surface area (Å²) in [6.45, 7) is 0.558. The Morgan fingerprint density at radius 3 is 2.93 bits per heavy atom. The van der Waals surface area contributed by atoms with Gasteiger partial charge in [-0.3, -0.25) is 4.79 Å². The maximum absolute atomic E-state index is 11.3. The molecular formula is C11H13ClN2O. The van der Waals surface area contributed by atoms with Crippen LogP contribution < -0.4 is 11.1 Å². The molecule has 1 heterocycles. The molecule has 80 valence electrons. The molecule has 0 radical (unpaired) electrons. The summed E-state index contributed by atoms with van der Waals surface area (Å²) in [5, 5.41) is 3.60. The van der Waals surface area contributed by atoms with Crippen molar-refractivity contribution in [2.75, 3.05) is 11.9 Å². The van der Waals surface area contributed by atoms with Crippen molar-refractivity contribution in [3.05, 3.63) is 28.3 Å². The molecule has 0 saturated heterocycles. The van der Waals surface area contributed by atoms with Gasteiger partial charge in [-0.05, 0) is 42.6 Å². The number of hydrogen-bond acceptors (Lipinski definition) is 2. The van der Waals surface area contributed by atoms with E-state index in [9.17, 15) is 4.79 Å². The monoisotopic (exact) mass is 224 g/mol. The zero-order chi connectivity index (χ0) is 10.8. The minimum Gasteiger partial charge on any atom is -0.330 e. The average Bonchev–Trinajstić information content (AvgIpc) is 2.19. The second-order valence-electron chi connectivity index (χ2n) is 3.69. The molecule has 2 rings (SSSR count). The van der Waals surface area contributed by atoms with Gasteiger partial charge in [0.25, 0.3) is 0 Å².